The van der Waals surface area contributed by atoms with Gasteiger partial charge in [0, 0.05) is 19.5 Å². The second-order valence-corrected chi connectivity index (χ2v) is 3.21. The van der Waals surface area contributed by atoms with Crippen molar-refractivity contribution >= 4 is 5.96 Å². The van der Waals surface area contributed by atoms with Gasteiger partial charge >= 0.3 is 0 Å². The second-order valence-electron chi connectivity index (χ2n) is 3.21. The molecule has 0 spiro atoms. The first-order valence-electron chi connectivity index (χ1n) is 5.03. The highest BCUT2D eigenvalue weighted by atomic mass is 16.5. The maximum Gasteiger partial charge on any atom is 0.206 e. The molecule has 0 aliphatic carbocycles. The van der Waals surface area contributed by atoms with Gasteiger partial charge in [0.25, 0.3) is 0 Å². The lowest BCUT2D eigenvalue weighted by atomic mass is 10.3. The zero-order chi connectivity index (χ0) is 11.8. The average Bonchev–Trinajstić information content (AvgIpc) is 2.81. The highest BCUT2D eigenvalue weighted by molar-refractivity contribution is 5.79. The molecular weight excluding hydrogens is 208 g/mol. The Morgan fingerprint density at radius 1 is 1.75 bits per heavy atom. The number of hydrazine groups is 1. The van der Waals surface area contributed by atoms with Crippen LogP contribution in [0.2, 0.25) is 0 Å². The van der Waals surface area contributed by atoms with Gasteiger partial charge in [0.05, 0.1) is 19.2 Å². The molecule has 1 unspecified atom stereocenters. The normalized spacial score (nSPS) is 13.6. The molecule has 0 saturated carbocycles. The van der Waals surface area contributed by atoms with Crippen molar-refractivity contribution in [2.24, 2.45) is 10.8 Å². The Morgan fingerprint density at radius 2 is 2.56 bits per heavy atom. The number of rotatable bonds is 5. The fraction of sp³-hybridized carbons (Fsp3) is 0.556. The van der Waals surface area contributed by atoms with E-state index in [9.17, 15) is 0 Å². The quantitative estimate of drug-likeness (QED) is 0.179. The number of nitrogens with one attached hydrogen (secondary N) is 3. The van der Waals surface area contributed by atoms with E-state index in [1.807, 2.05) is 6.92 Å². The van der Waals surface area contributed by atoms with E-state index < -0.39 is 0 Å². The lowest BCUT2D eigenvalue weighted by molar-refractivity contribution is 0.208. The highest BCUT2D eigenvalue weighted by Gasteiger charge is 2.08. The fourth-order valence-electron chi connectivity index (χ4n) is 1.17. The molecule has 1 aromatic rings. The number of aromatic amines is 1. The van der Waals surface area contributed by atoms with Gasteiger partial charge in [-0.25, -0.2) is 15.8 Å². The van der Waals surface area contributed by atoms with Gasteiger partial charge in [-0.1, -0.05) is 0 Å². The van der Waals surface area contributed by atoms with E-state index in [1.165, 1.54) is 0 Å². The number of ether oxygens (including phenoxy) is 1. The Balaban J connectivity index is 2.46. The first-order chi connectivity index (χ1) is 7.77. The molecule has 1 atom stereocenters. The summed E-state index contributed by atoms with van der Waals surface area (Å²) in [5.41, 5.74) is 2.50. The number of imidazole rings is 1. The number of nitrogens with two attached hydrogens (primary N) is 1. The minimum Gasteiger partial charge on any atom is -0.383 e. The van der Waals surface area contributed by atoms with Crippen molar-refractivity contribution in [3.05, 3.63) is 18.2 Å². The third-order valence-corrected chi connectivity index (χ3v) is 1.98. The lowest BCUT2D eigenvalue weighted by Crippen LogP contribution is -2.43. The van der Waals surface area contributed by atoms with Gasteiger partial charge in [-0.3, -0.25) is 5.43 Å². The molecule has 1 aromatic heterocycles. The van der Waals surface area contributed by atoms with Crippen LogP contribution in [0.3, 0.4) is 0 Å². The van der Waals surface area contributed by atoms with Crippen molar-refractivity contribution < 1.29 is 4.74 Å². The van der Waals surface area contributed by atoms with Crippen LogP contribution in [0, 0.1) is 0 Å². The van der Waals surface area contributed by atoms with Gasteiger partial charge in [0.2, 0.25) is 5.96 Å². The Morgan fingerprint density at radius 3 is 3.12 bits per heavy atom. The van der Waals surface area contributed by atoms with E-state index in [4.69, 9.17) is 10.6 Å². The number of aromatic nitrogens is 2. The summed E-state index contributed by atoms with van der Waals surface area (Å²) in [6.45, 7) is 3.07. The summed E-state index contributed by atoms with van der Waals surface area (Å²) >= 11 is 0. The van der Waals surface area contributed by atoms with Crippen LogP contribution in [0.25, 0.3) is 0 Å². The van der Waals surface area contributed by atoms with E-state index in [1.54, 1.807) is 19.5 Å². The molecule has 7 heteroatoms. The topological polar surface area (TPSA) is 100 Å². The molecule has 1 heterocycles. The fourth-order valence-corrected chi connectivity index (χ4v) is 1.17. The third kappa shape index (κ3) is 3.87. The van der Waals surface area contributed by atoms with Gasteiger partial charge in [-0.15, -0.1) is 0 Å². The lowest BCUT2D eigenvalue weighted by Gasteiger charge is -2.14. The molecule has 0 saturated heterocycles. The second kappa shape index (κ2) is 6.81. The molecule has 0 amide bonds. The van der Waals surface area contributed by atoms with Crippen molar-refractivity contribution in [3.8, 4) is 0 Å². The number of guanidine groups is 1. The molecule has 0 bridgehead atoms. The molecule has 16 heavy (non-hydrogen) atoms. The van der Waals surface area contributed by atoms with Crippen LogP contribution in [-0.2, 0) is 4.74 Å². The summed E-state index contributed by atoms with van der Waals surface area (Å²) in [5, 5.41) is 3.09. The molecule has 0 aliphatic heterocycles. The van der Waals surface area contributed by atoms with Crippen molar-refractivity contribution in [1.29, 1.82) is 0 Å². The van der Waals surface area contributed by atoms with Gasteiger partial charge in [0.1, 0.15) is 5.82 Å². The molecule has 0 radical (unpaired) electrons. The molecule has 0 aromatic carbocycles. The highest BCUT2D eigenvalue weighted by Crippen LogP contribution is 2.04. The standard InChI is InChI=1S/C9H18N6O/c1-7(8-11-3-4-12-8)14-9(15-10)13-5-6-16-2/h3-4,7H,5-6,10H2,1-2H3,(H,11,12)(H2,13,14,15). The van der Waals surface area contributed by atoms with E-state index >= 15 is 0 Å². The number of aliphatic imine (C=N–C) groups is 1. The van der Waals surface area contributed by atoms with Crippen molar-refractivity contribution in [3.63, 3.8) is 0 Å². The van der Waals surface area contributed by atoms with E-state index in [0.29, 0.717) is 19.1 Å². The SMILES string of the molecule is COCCN=C(NN)NC(C)c1ncc[nH]1. The molecule has 90 valence electrons. The number of nitrogens with zero attached hydrogens (tertiary/aromatic N) is 2. The Kier molecular flexibility index (Phi) is 5.30. The van der Waals surface area contributed by atoms with Crippen LogP contribution in [0.4, 0.5) is 0 Å². The smallest absolute Gasteiger partial charge is 0.206 e. The van der Waals surface area contributed by atoms with Crippen LogP contribution < -0.4 is 16.6 Å². The maximum absolute atomic E-state index is 5.34. The van der Waals surface area contributed by atoms with Crippen LogP contribution in [0.1, 0.15) is 18.8 Å². The molecule has 0 fully saturated rings. The van der Waals surface area contributed by atoms with Crippen LogP contribution in [-0.4, -0.2) is 36.2 Å². The molecule has 1 rings (SSSR count). The average molecular weight is 226 g/mol. The van der Waals surface area contributed by atoms with Gasteiger partial charge in [-0.2, -0.15) is 0 Å². The number of hydrogen-bond donors (Lipinski definition) is 4. The summed E-state index contributed by atoms with van der Waals surface area (Å²) in [6, 6.07) is 0.00680. The number of H-pyrrole nitrogens is 1. The van der Waals surface area contributed by atoms with Crippen molar-refractivity contribution in [1.82, 2.24) is 20.7 Å². The van der Waals surface area contributed by atoms with Crippen molar-refractivity contribution in [2.45, 2.75) is 13.0 Å². The number of methoxy groups -OCH3 is 1. The zero-order valence-electron chi connectivity index (χ0n) is 9.53. The summed E-state index contributed by atoms with van der Waals surface area (Å²) < 4.78 is 4.89. The molecule has 7 nitrogen and oxygen atoms in total. The minimum atomic E-state index is 0.00680. The molecule has 5 N–H and O–H groups in total. The monoisotopic (exact) mass is 226 g/mol. The van der Waals surface area contributed by atoms with E-state index in [-0.39, 0.29) is 6.04 Å². The summed E-state index contributed by atoms with van der Waals surface area (Å²) in [5.74, 6) is 6.69. The number of hydrogen-bond acceptors (Lipinski definition) is 4. The van der Waals surface area contributed by atoms with Gasteiger partial charge < -0.3 is 15.0 Å². The third-order valence-electron chi connectivity index (χ3n) is 1.98. The zero-order valence-corrected chi connectivity index (χ0v) is 9.53. The summed E-state index contributed by atoms with van der Waals surface area (Å²) in [7, 11) is 1.63. The van der Waals surface area contributed by atoms with Crippen LogP contribution >= 0.6 is 0 Å². The molecular formula is C9H18N6O. The largest absolute Gasteiger partial charge is 0.383 e. The summed E-state index contributed by atoms with van der Waals surface area (Å²) in [6.07, 6.45) is 3.47. The van der Waals surface area contributed by atoms with Crippen molar-refractivity contribution in [2.75, 3.05) is 20.3 Å². The first-order valence-corrected chi connectivity index (χ1v) is 5.03. The molecule has 0 aliphatic rings. The maximum atomic E-state index is 5.34. The van der Waals surface area contributed by atoms with E-state index in [0.717, 1.165) is 5.82 Å². The first kappa shape index (κ1) is 12.5. The van der Waals surface area contributed by atoms with Crippen LogP contribution in [0.15, 0.2) is 17.4 Å². The van der Waals surface area contributed by atoms with Crippen LogP contribution in [0.5, 0.6) is 0 Å². The van der Waals surface area contributed by atoms with E-state index in [2.05, 4.69) is 25.7 Å². The predicted octanol–water partition coefficient (Wildman–Crippen LogP) is -0.474. The van der Waals surface area contributed by atoms with Gasteiger partial charge in [0.15, 0.2) is 0 Å². The summed E-state index contributed by atoms with van der Waals surface area (Å²) in [4.78, 5) is 11.3. The Labute approximate surface area is 94.5 Å². The van der Waals surface area contributed by atoms with Gasteiger partial charge in [-0.05, 0) is 6.92 Å². The predicted molar refractivity (Wildman–Crippen MR) is 61.6 cm³/mol. The Hall–Kier alpha value is -1.60. The Bertz CT molecular complexity index is 310. The minimum absolute atomic E-state index is 0.00680.